The first kappa shape index (κ1) is 17.3. The number of benzene rings is 2. The molecule has 132 valence electrons. The van der Waals surface area contributed by atoms with E-state index < -0.39 is 29.4 Å². The highest BCUT2D eigenvalue weighted by Crippen LogP contribution is 2.20. The zero-order chi connectivity index (χ0) is 18.5. The van der Waals surface area contributed by atoms with Crippen molar-refractivity contribution >= 4 is 23.4 Å². The van der Waals surface area contributed by atoms with E-state index in [-0.39, 0.29) is 13.1 Å². The molecule has 7 heteroatoms. The molecule has 1 unspecified atom stereocenters. The Hall–Kier alpha value is -3.48. The van der Waals surface area contributed by atoms with Crippen LogP contribution in [0.3, 0.4) is 0 Å². The summed E-state index contributed by atoms with van der Waals surface area (Å²) in [6.07, 6.45) is 0. The van der Waals surface area contributed by atoms with Gasteiger partial charge in [-0.25, -0.2) is 0 Å². The molecule has 7 nitrogen and oxygen atoms in total. The Morgan fingerprint density at radius 2 is 1.58 bits per heavy atom. The normalized spacial score (nSPS) is 18.4. The molecule has 3 rings (SSSR count). The lowest BCUT2D eigenvalue weighted by molar-refractivity contribution is -0.141. The molecule has 1 aliphatic rings. The SMILES string of the molecule is O=C(NCc1ccccc1)C1C(=O)N(Cc2ccccc2)C(=O)/C1=N\O. The minimum Gasteiger partial charge on any atom is -0.410 e. The number of carbonyl (C=O) groups excluding carboxylic acids is 3. The summed E-state index contributed by atoms with van der Waals surface area (Å²) in [4.78, 5) is 38.3. The Kier molecular flexibility index (Phi) is 5.07. The molecule has 0 aromatic heterocycles. The number of amides is 3. The molecule has 26 heavy (non-hydrogen) atoms. The summed E-state index contributed by atoms with van der Waals surface area (Å²) in [7, 11) is 0. The quantitative estimate of drug-likeness (QED) is 0.367. The van der Waals surface area contributed by atoms with E-state index in [2.05, 4.69) is 10.5 Å². The van der Waals surface area contributed by atoms with Crippen LogP contribution in [0, 0.1) is 5.92 Å². The second kappa shape index (κ2) is 7.60. The van der Waals surface area contributed by atoms with Crippen molar-refractivity contribution in [1.29, 1.82) is 0 Å². The van der Waals surface area contributed by atoms with Crippen molar-refractivity contribution in [2.45, 2.75) is 13.1 Å². The number of hydrogen-bond acceptors (Lipinski definition) is 5. The smallest absolute Gasteiger partial charge is 0.279 e. The minimum atomic E-state index is -1.44. The van der Waals surface area contributed by atoms with Crippen LogP contribution in [-0.2, 0) is 27.5 Å². The van der Waals surface area contributed by atoms with Gasteiger partial charge < -0.3 is 10.5 Å². The Morgan fingerprint density at radius 3 is 2.15 bits per heavy atom. The lowest BCUT2D eigenvalue weighted by Crippen LogP contribution is -2.38. The summed E-state index contributed by atoms with van der Waals surface area (Å²) in [6, 6.07) is 18.1. The average molecular weight is 351 g/mol. The van der Waals surface area contributed by atoms with E-state index in [1.807, 2.05) is 36.4 Å². The number of hydrogen-bond donors (Lipinski definition) is 2. The van der Waals surface area contributed by atoms with Crippen LogP contribution in [0.25, 0.3) is 0 Å². The Balaban J connectivity index is 1.74. The molecule has 1 aliphatic heterocycles. The van der Waals surface area contributed by atoms with Crippen LogP contribution >= 0.6 is 0 Å². The molecule has 2 aromatic carbocycles. The van der Waals surface area contributed by atoms with Crippen molar-refractivity contribution in [3.63, 3.8) is 0 Å². The Bertz CT molecular complexity index is 850. The first-order valence-electron chi connectivity index (χ1n) is 8.05. The van der Waals surface area contributed by atoms with Gasteiger partial charge in [-0.15, -0.1) is 0 Å². The van der Waals surface area contributed by atoms with Crippen LogP contribution in [0.15, 0.2) is 65.8 Å². The van der Waals surface area contributed by atoms with E-state index >= 15 is 0 Å². The number of carbonyl (C=O) groups is 3. The molecule has 1 saturated heterocycles. The zero-order valence-corrected chi connectivity index (χ0v) is 13.8. The van der Waals surface area contributed by atoms with Crippen LogP contribution in [0.1, 0.15) is 11.1 Å². The highest BCUT2D eigenvalue weighted by molar-refractivity contribution is 6.54. The number of nitrogens with one attached hydrogen (secondary N) is 1. The fourth-order valence-corrected chi connectivity index (χ4v) is 2.77. The van der Waals surface area contributed by atoms with Gasteiger partial charge in [0, 0.05) is 6.54 Å². The molecular weight excluding hydrogens is 334 g/mol. The molecular formula is C19H17N3O4. The second-order valence-corrected chi connectivity index (χ2v) is 5.84. The molecule has 0 aliphatic carbocycles. The van der Waals surface area contributed by atoms with Crippen molar-refractivity contribution < 1.29 is 19.6 Å². The van der Waals surface area contributed by atoms with E-state index in [0.717, 1.165) is 16.0 Å². The van der Waals surface area contributed by atoms with E-state index in [1.165, 1.54) is 0 Å². The van der Waals surface area contributed by atoms with Crippen molar-refractivity contribution in [3.8, 4) is 0 Å². The largest absolute Gasteiger partial charge is 0.410 e. The fourth-order valence-electron chi connectivity index (χ4n) is 2.77. The molecule has 0 spiro atoms. The molecule has 0 bridgehead atoms. The monoisotopic (exact) mass is 351 g/mol. The maximum atomic E-state index is 12.6. The van der Waals surface area contributed by atoms with Gasteiger partial charge >= 0.3 is 0 Å². The standard InChI is InChI=1S/C19H17N3O4/c23-17(20-11-13-7-3-1-4-8-13)15-16(21-26)19(25)22(18(15)24)12-14-9-5-2-6-10-14/h1-10,15,26H,11-12H2,(H,20,23)/b21-16-. The molecule has 1 fully saturated rings. The maximum Gasteiger partial charge on any atom is 0.279 e. The summed E-state index contributed by atoms with van der Waals surface area (Å²) in [6.45, 7) is 0.217. The number of imide groups is 1. The highest BCUT2D eigenvalue weighted by atomic mass is 16.4. The molecule has 1 heterocycles. The predicted molar refractivity (Wildman–Crippen MR) is 93.0 cm³/mol. The lowest BCUT2D eigenvalue weighted by atomic mass is 10.1. The third-order valence-corrected chi connectivity index (χ3v) is 4.11. The lowest BCUT2D eigenvalue weighted by Gasteiger charge is -2.14. The van der Waals surface area contributed by atoms with Crippen LogP contribution in [0.4, 0.5) is 0 Å². The molecule has 3 amide bonds. The van der Waals surface area contributed by atoms with Gasteiger partial charge in [0.25, 0.3) is 5.91 Å². The van der Waals surface area contributed by atoms with Crippen molar-refractivity contribution in [2.75, 3.05) is 0 Å². The summed E-state index contributed by atoms with van der Waals surface area (Å²) < 4.78 is 0. The number of rotatable bonds is 5. The summed E-state index contributed by atoms with van der Waals surface area (Å²) in [5.41, 5.74) is 1.12. The van der Waals surface area contributed by atoms with Crippen LogP contribution < -0.4 is 5.32 Å². The van der Waals surface area contributed by atoms with Crippen molar-refractivity contribution in [2.24, 2.45) is 11.1 Å². The van der Waals surface area contributed by atoms with E-state index in [4.69, 9.17) is 5.21 Å². The molecule has 2 N–H and O–H groups in total. The van der Waals surface area contributed by atoms with E-state index in [1.54, 1.807) is 24.3 Å². The topological polar surface area (TPSA) is 99.1 Å². The number of likely N-dealkylation sites (tertiary alicyclic amines) is 1. The van der Waals surface area contributed by atoms with Gasteiger partial charge in [-0.1, -0.05) is 65.8 Å². The molecule has 1 atom stereocenters. The summed E-state index contributed by atoms with van der Waals surface area (Å²) >= 11 is 0. The van der Waals surface area contributed by atoms with Gasteiger partial charge in [-0.2, -0.15) is 0 Å². The van der Waals surface area contributed by atoms with Crippen LogP contribution in [0.5, 0.6) is 0 Å². The fraction of sp³-hybridized carbons (Fsp3) is 0.158. The minimum absolute atomic E-state index is 0.0139. The number of nitrogens with zero attached hydrogens (tertiary/aromatic N) is 2. The second-order valence-electron chi connectivity index (χ2n) is 5.84. The highest BCUT2D eigenvalue weighted by Gasteiger charge is 2.49. The van der Waals surface area contributed by atoms with Gasteiger partial charge in [0.15, 0.2) is 11.6 Å². The summed E-state index contributed by atoms with van der Waals surface area (Å²) in [5.74, 6) is -3.58. The van der Waals surface area contributed by atoms with Gasteiger partial charge in [0.05, 0.1) is 6.54 Å². The van der Waals surface area contributed by atoms with E-state index in [9.17, 15) is 14.4 Å². The molecule has 0 radical (unpaired) electrons. The van der Waals surface area contributed by atoms with Crippen LogP contribution in [0.2, 0.25) is 0 Å². The van der Waals surface area contributed by atoms with E-state index in [0.29, 0.717) is 0 Å². The van der Waals surface area contributed by atoms with Gasteiger partial charge in [0.1, 0.15) is 0 Å². The first-order chi connectivity index (χ1) is 12.6. The third kappa shape index (κ3) is 3.46. The maximum absolute atomic E-state index is 12.6. The van der Waals surface area contributed by atoms with Gasteiger partial charge in [-0.05, 0) is 11.1 Å². The predicted octanol–water partition coefficient (Wildman–Crippen LogP) is 1.32. The Labute approximate surface area is 149 Å². The molecule has 2 aromatic rings. The average Bonchev–Trinajstić information content (AvgIpc) is 2.92. The molecule has 0 saturated carbocycles. The Morgan fingerprint density at radius 1 is 1.00 bits per heavy atom. The number of oxime groups is 1. The van der Waals surface area contributed by atoms with Gasteiger partial charge in [-0.3, -0.25) is 19.3 Å². The van der Waals surface area contributed by atoms with Crippen LogP contribution in [-0.4, -0.2) is 33.5 Å². The first-order valence-corrected chi connectivity index (χ1v) is 8.05. The third-order valence-electron chi connectivity index (χ3n) is 4.11. The zero-order valence-electron chi connectivity index (χ0n) is 13.8. The van der Waals surface area contributed by atoms with Crippen molar-refractivity contribution in [1.82, 2.24) is 10.2 Å². The van der Waals surface area contributed by atoms with Crippen molar-refractivity contribution in [3.05, 3.63) is 71.8 Å². The van der Waals surface area contributed by atoms with Gasteiger partial charge in [0.2, 0.25) is 11.8 Å². The summed E-state index contributed by atoms with van der Waals surface area (Å²) in [5, 5.41) is 14.7.